The predicted molar refractivity (Wildman–Crippen MR) is 197 cm³/mol. The van der Waals surface area contributed by atoms with Crippen molar-refractivity contribution in [1.82, 2.24) is 9.80 Å². The molecule has 0 N–H and O–H groups in total. The average molecular weight is 773 g/mol. The average Bonchev–Trinajstić information content (AvgIpc) is 3.08. The lowest BCUT2D eigenvalue weighted by atomic mass is 10.2. The highest BCUT2D eigenvalue weighted by Crippen LogP contribution is 2.09. The van der Waals surface area contributed by atoms with E-state index in [4.69, 9.17) is 61.6 Å². The maximum Gasteiger partial charge on any atom is 0.410 e. The maximum absolute atomic E-state index is 11.9. The van der Waals surface area contributed by atoms with Gasteiger partial charge < -0.3 is 71.4 Å². The van der Waals surface area contributed by atoms with Crippen molar-refractivity contribution in [3.05, 3.63) is 0 Å². The molecule has 0 heterocycles. The highest BCUT2D eigenvalue weighted by molar-refractivity contribution is 5.68. The van der Waals surface area contributed by atoms with Crippen LogP contribution in [0.25, 0.3) is 0 Å². The van der Waals surface area contributed by atoms with Crippen LogP contribution >= 0.6 is 0 Å². The Hall–Kier alpha value is -1.90. The molecule has 0 aromatic rings. The summed E-state index contributed by atoms with van der Waals surface area (Å²) in [7, 11) is 3.36. The van der Waals surface area contributed by atoms with E-state index in [-0.39, 0.29) is 12.2 Å². The molecule has 17 nitrogen and oxygen atoms in total. The number of carbonyl (C=O) groups excluding carboxylic acids is 2. The van der Waals surface area contributed by atoms with Gasteiger partial charge in [-0.2, -0.15) is 0 Å². The zero-order valence-corrected chi connectivity index (χ0v) is 34.0. The minimum absolute atomic E-state index is 0.368. The van der Waals surface area contributed by atoms with Crippen LogP contribution in [0.5, 0.6) is 0 Å². The summed E-state index contributed by atoms with van der Waals surface area (Å²) in [5, 5.41) is 0. The minimum atomic E-state index is -0.515. The van der Waals surface area contributed by atoms with Crippen LogP contribution in [0.2, 0.25) is 0 Å². The number of rotatable bonds is 36. The monoisotopic (exact) mass is 772 g/mol. The van der Waals surface area contributed by atoms with Gasteiger partial charge in [0, 0.05) is 27.2 Å². The standard InChI is InChI=1S/C36H72N2O15/c1-35(2,3)52-33(39)37(7)9-11-41-13-15-43-17-19-45-21-23-47-25-27-49-29-31-51-32-30-50-28-26-48-24-22-46-20-18-44-16-14-42-12-10-38(8)34(40)53-36(4,5)6/h9-32H2,1-8H3. The maximum atomic E-state index is 11.9. The van der Waals surface area contributed by atoms with Crippen LogP contribution in [0.1, 0.15) is 41.5 Å². The number of ether oxygens (including phenoxy) is 13. The van der Waals surface area contributed by atoms with Crippen LogP contribution in [0.15, 0.2) is 0 Å². The first-order valence-corrected chi connectivity index (χ1v) is 18.5. The number of carbonyl (C=O) groups is 2. The molecule has 0 aliphatic rings. The van der Waals surface area contributed by atoms with Crippen molar-refractivity contribution in [3.8, 4) is 0 Å². The molecule has 0 aromatic heterocycles. The van der Waals surface area contributed by atoms with Gasteiger partial charge in [0.1, 0.15) is 11.2 Å². The first-order valence-electron chi connectivity index (χ1n) is 18.5. The Morgan fingerprint density at radius 3 is 0.623 bits per heavy atom. The molecule has 53 heavy (non-hydrogen) atoms. The van der Waals surface area contributed by atoms with E-state index in [1.54, 1.807) is 14.1 Å². The number of hydrogen-bond donors (Lipinski definition) is 0. The third kappa shape index (κ3) is 39.6. The van der Waals surface area contributed by atoms with Gasteiger partial charge in [-0.1, -0.05) is 0 Å². The van der Waals surface area contributed by atoms with Crippen LogP contribution in [-0.2, 0) is 61.6 Å². The molecule has 0 aromatic carbocycles. The van der Waals surface area contributed by atoms with E-state index in [2.05, 4.69) is 0 Å². The van der Waals surface area contributed by atoms with Gasteiger partial charge in [0.15, 0.2) is 0 Å². The quantitative estimate of drug-likeness (QED) is 0.0855. The zero-order chi connectivity index (χ0) is 39.5. The zero-order valence-electron chi connectivity index (χ0n) is 34.0. The molecule has 0 bridgehead atoms. The lowest BCUT2D eigenvalue weighted by Crippen LogP contribution is -2.36. The van der Waals surface area contributed by atoms with Crippen molar-refractivity contribution in [3.63, 3.8) is 0 Å². The summed E-state index contributed by atoms with van der Waals surface area (Å²) in [6, 6.07) is 0. The predicted octanol–water partition coefficient (Wildman–Crippen LogP) is 2.90. The second-order valence-corrected chi connectivity index (χ2v) is 13.5. The summed E-state index contributed by atoms with van der Waals surface area (Å²) >= 11 is 0. The van der Waals surface area contributed by atoms with E-state index in [1.807, 2.05) is 41.5 Å². The molecular weight excluding hydrogens is 700 g/mol. The first kappa shape index (κ1) is 51.1. The van der Waals surface area contributed by atoms with Crippen LogP contribution in [-0.4, -0.2) is 206 Å². The first-order chi connectivity index (χ1) is 25.3. The van der Waals surface area contributed by atoms with E-state index < -0.39 is 11.2 Å². The minimum Gasteiger partial charge on any atom is -0.444 e. The highest BCUT2D eigenvalue weighted by Gasteiger charge is 2.20. The fourth-order valence-corrected chi connectivity index (χ4v) is 3.57. The van der Waals surface area contributed by atoms with Crippen molar-refractivity contribution >= 4 is 12.2 Å². The molecule has 316 valence electrons. The molecule has 0 aliphatic heterocycles. The third-order valence-corrected chi connectivity index (χ3v) is 6.27. The molecule has 0 unspecified atom stereocenters. The van der Waals surface area contributed by atoms with E-state index in [0.717, 1.165) is 0 Å². The van der Waals surface area contributed by atoms with Crippen LogP contribution in [0.4, 0.5) is 9.59 Å². The molecule has 0 radical (unpaired) electrons. The molecule has 0 saturated carbocycles. The van der Waals surface area contributed by atoms with Gasteiger partial charge in [-0.25, -0.2) is 9.59 Å². The third-order valence-electron chi connectivity index (χ3n) is 6.27. The number of likely N-dealkylation sites (N-methyl/N-ethyl adjacent to an activating group) is 2. The molecule has 2 amide bonds. The molecule has 0 spiro atoms. The molecule has 0 atom stereocenters. The largest absolute Gasteiger partial charge is 0.444 e. The SMILES string of the molecule is CN(CCOCCOCCOCCOCCOCCOCCOCCOCCOCCOCCOCCN(C)C(=O)OC(C)(C)C)C(=O)OC(C)(C)C. The summed E-state index contributed by atoms with van der Waals surface area (Å²) in [6.07, 6.45) is -0.736. The Bertz CT molecular complexity index is 777. The summed E-state index contributed by atoms with van der Waals surface area (Å²) in [5.41, 5.74) is -1.03. The van der Waals surface area contributed by atoms with Gasteiger partial charge in [-0.15, -0.1) is 0 Å². The normalized spacial score (nSPS) is 11.9. The van der Waals surface area contributed by atoms with Crippen LogP contribution in [0.3, 0.4) is 0 Å². The summed E-state index contributed by atoms with van der Waals surface area (Å²) in [5.74, 6) is 0. The van der Waals surface area contributed by atoms with E-state index >= 15 is 0 Å². The Labute approximate surface area is 318 Å². The highest BCUT2D eigenvalue weighted by atomic mass is 16.6. The van der Waals surface area contributed by atoms with E-state index in [0.29, 0.717) is 158 Å². The van der Waals surface area contributed by atoms with Gasteiger partial charge in [0.2, 0.25) is 0 Å². The summed E-state index contributed by atoms with van der Waals surface area (Å²) in [4.78, 5) is 26.7. The smallest absolute Gasteiger partial charge is 0.410 e. The number of nitrogens with zero attached hydrogens (tertiary/aromatic N) is 2. The summed E-state index contributed by atoms with van der Waals surface area (Å²) in [6.45, 7) is 22.2. The van der Waals surface area contributed by atoms with Gasteiger partial charge in [-0.3, -0.25) is 0 Å². The van der Waals surface area contributed by atoms with Crippen LogP contribution in [0, 0.1) is 0 Å². The van der Waals surface area contributed by atoms with Gasteiger partial charge in [-0.05, 0) is 41.5 Å². The van der Waals surface area contributed by atoms with Gasteiger partial charge in [0.05, 0.1) is 145 Å². The molecule has 17 heteroatoms. The molecular formula is C36H72N2O15. The van der Waals surface area contributed by atoms with Crippen molar-refractivity contribution in [1.29, 1.82) is 0 Å². The lowest BCUT2D eigenvalue weighted by molar-refractivity contribution is -0.0279. The molecule has 0 fully saturated rings. The molecule has 0 aliphatic carbocycles. The van der Waals surface area contributed by atoms with Crippen LogP contribution < -0.4 is 0 Å². The van der Waals surface area contributed by atoms with Gasteiger partial charge >= 0.3 is 12.2 Å². The Morgan fingerprint density at radius 1 is 0.321 bits per heavy atom. The van der Waals surface area contributed by atoms with Crippen molar-refractivity contribution in [2.45, 2.75) is 52.7 Å². The fourth-order valence-electron chi connectivity index (χ4n) is 3.57. The number of hydrogen-bond acceptors (Lipinski definition) is 15. The van der Waals surface area contributed by atoms with E-state index in [1.165, 1.54) is 9.80 Å². The Balaban J connectivity index is 3.21. The van der Waals surface area contributed by atoms with Crippen molar-refractivity contribution in [2.24, 2.45) is 0 Å². The summed E-state index contributed by atoms with van der Waals surface area (Å²) < 4.78 is 70.9. The van der Waals surface area contributed by atoms with Crippen molar-refractivity contribution in [2.75, 3.05) is 173 Å². The molecule has 0 rings (SSSR count). The van der Waals surface area contributed by atoms with Gasteiger partial charge in [0.25, 0.3) is 0 Å². The Morgan fingerprint density at radius 2 is 0.472 bits per heavy atom. The second kappa shape index (κ2) is 34.6. The number of amides is 2. The van der Waals surface area contributed by atoms with Crippen molar-refractivity contribution < 1.29 is 71.2 Å². The lowest BCUT2D eigenvalue weighted by Gasteiger charge is -2.24. The fraction of sp³-hybridized carbons (Fsp3) is 0.944. The second-order valence-electron chi connectivity index (χ2n) is 13.5. The molecule has 0 saturated heterocycles. The van der Waals surface area contributed by atoms with E-state index in [9.17, 15) is 9.59 Å². The topological polar surface area (TPSA) is 161 Å². The Kier molecular flexibility index (Phi) is 33.3.